The third kappa shape index (κ3) is 4.21. The van der Waals surface area contributed by atoms with Crippen LogP contribution in [0.15, 0.2) is 35.1 Å². The molecule has 2 rings (SSSR count). The van der Waals surface area contributed by atoms with Crippen molar-refractivity contribution in [1.82, 2.24) is 15.1 Å². The quantitative estimate of drug-likeness (QED) is 0.719. The lowest BCUT2D eigenvalue weighted by Crippen LogP contribution is -2.26. The monoisotopic (exact) mass is 310 g/mol. The van der Waals surface area contributed by atoms with Gasteiger partial charge in [0.1, 0.15) is 5.69 Å². The SMILES string of the molecule is Cc1ccc(-n2[nH]c(C(=O)NCCCN)cc2=O)cc1.Cl. The summed E-state index contributed by atoms with van der Waals surface area (Å²) >= 11 is 0. The molecule has 1 heterocycles. The number of halogens is 1. The molecule has 0 aliphatic carbocycles. The Morgan fingerprint density at radius 3 is 2.62 bits per heavy atom. The summed E-state index contributed by atoms with van der Waals surface area (Å²) in [5.41, 5.74) is 7.13. The van der Waals surface area contributed by atoms with Crippen molar-refractivity contribution in [1.29, 1.82) is 0 Å². The van der Waals surface area contributed by atoms with E-state index in [-0.39, 0.29) is 29.6 Å². The number of hydrogen-bond acceptors (Lipinski definition) is 3. The highest BCUT2D eigenvalue weighted by molar-refractivity contribution is 5.92. The van der Waals surface area contributed by atoms with Crippen LogP contribution in [0, 0.1) is 6.92 Å². The van der Waals surface area contributed by atoms with Gasteiger partial charge in [-0.2, -0.15) is 0 Å². The van der Waals surface area contributed by atoms with Gasteiger partial charge in [0.15, 0.2) is 0 Å². The molecule has 0 radical (unpaired) electrons. The highest BCUT2D eigenvalue weighted by atomic mass is 35.5. The van der Waals surface area contributed by atoms with Gasteiger partial charge in [0.2, 0.25) is 0 Å². The predicted molar refractivity (Wildman–Crippen MR) is 84.4 cm³/mol. The lowest BCUT2D eigenvalue weighted by atomic mass is 10.2. The van der Waals surface area contributed by atoms with Gasteiger partial charge >= 0.3 is 0 Å². The third-order valence-electron chi connectivity index (χ3n) is 2.92. The lowest BCUT2D eigenvalue weighted by molar-refractivity contribution is 0.0948. The highest BCUT2D eigenvalue weighted by Crippen LogP contribution is 2.06. The second-order valence-electron chi connectivity index (χ2n) is 4.58. The van der Waals surface area contributed by atoms with Gasteiger partial charge in [0.05, 0.1) is 5.69 Å². The van der Waals surface area contributed by atoms with Crippen molar-refractivity contribution in [3.05, 3.63) is 51.9 Å². The fraction of sp³-hybridized carbons (Fsp3) is 0.286. The van der Waals surface area contributed by atoms with Crippen LogP contribution in [0.5, 0.6) is 0 Å². The van der Waals surface area contributed by atoms with Crippen LogP contribution < -0.4 is 16.6 Å². The summed E-state index contributed by atoms with van der Waals surface area (Å²) < 4.78 is 1.34. The Labute approximate surface area is 128 Å². The van der Waals surface area contributed by atoms with E-state index in [1.807, 2.05) is 31.2 Å². The van der Waals surface area contributed by atoms with E-state index in [0.717, 1.165) is 5.56 Å². The molecule has 0 saturated carbocycles. The number of rotatable bonds is 5. The Balaban J connectivity index is 0.00000220. The summed E-state index contributed by atoms with van der Waals surface area (Å²) in [6.07, 6.45) is 0.703. The van der Waals surface area contributed by atoms with Gasteiger partial charge in [-0.1, -0.05) is 17.7 Å². The van der Waals surface area contributed by atoms with Crippen LogP contribution in [-0.2, 0) is 0 Å². The van der Waals surface area contributed by atoms with Crippen LogP contribution in [0.3, 0.4) is 0 Å². The molecule has 4 N–H and O–H groups in total. The zero-order valence-electron chi connectivity index (χ0n) is 11.8. The molecule has 21 heavy (non-hydrogen) atoms. The summed E-state index contributed by atoms with van der Waals surface area (Å²) in [5.74, 6) is -0.304. The number of H-pyrrole nitrogens is 1. The van der Waals surface area contributed by atoms with Gasteiger partial charge in [-0.3, -0.25) is 14.7 Å². The first-order valence-corrected chi connectivity index (χ1v) is 6.49. The Morgan fingerprint density at radius 2 is 2.00 bits per heavy atom. The fourth-order valence-electron chi connectivity index (χ4n) is 1.80. The van der Waals surface area contributed by atoms with Crippen LogP contribution in [0.1, 0.15) is 22.5 Å². The number of aryl methyl sites for hydroxylation is 1. The molecule has 0 atom stereocenters. The molecule has 1 aromatic carbocycles. The summed E-state index contributed by atoms with van der Waals surface area (Å²) in [4.78, 5) is 23.7. The first-order chi connectivity index (χ1) is 9.61. The number of carbonyl (C=O) groups is 1. The molecule has 2 aromatic rings. The topological polar surface area (TPSA) is 92.9 Å². The van der Waals surface area contributed by atoms with Gasteiger partial charge in [0, 0.05) is 12.6 Å². The number of benzene rings is 1. The molecule has 0 spiro atoms. The first kappa shape index (κ1) is 17.0. The van der Waals surface area contributed by atoms with Crippen molar-refractivity contribution in [2.45, 2.75) is 13.3 Å². The van der Waals surface area contributed by atoms with Crippen LogP contribution in [0.4, 0.5) is 0 Å². The molecule has 114 valence electrons. The number of carbonyl (C=O) groups excluding carboxylic acids is 1. The van der Waals surface area contributed by atoms with E-state index < -0.39 is 0 Å². The summed E-state index contributed by atoms with van der Waals surface area (Å²) in [7, 11) is 0. The van der Waals surface area contributed by atoms with Crippen LogP contribution >= 0.6 is 12.4 Å². The standard InChI is InChI=1S/C14H18N4O2.ClH/c1-10-3-5-11(6-4-10)18-13(19)9-12(17-18)14(20)16-8-2-7-15;/h3-6,9,17H,2,7-8,15H2,1H3,(H,16,20);1H. The molecule has 7 heteroatoms. The molecule has 0 saturated heterocycles. The van der Waals surface area contributed by atoms with Crippen LogP contribution in [-0.4, -0.2) is 28.8 Å². The fourth-order valence-corrected chi connectivity index (χ4v) is 1.80. The number of aromatic amines is 1. The van der Waals surface area contributed by atoms with Gasteiger partial charge in [0.25, 0.3) is 11.5 Å². The normalized spacial score (nSPS) is 10.0. The average Bonchev–Trinajstić information content (AvgIpc) is 2.82. The number of amides is 1. The molecule has 1 aromatic heterocycles. The van der Waals surface area contributed by atoms with Crippen molar-refractivity contribution in [3.8, 4) is 5.69 Å². The van der Waals surface area contributed by atoms with E-state index in [1.54, 1.807) is 0 Å². The van der Waals surface area contributed by atoms with E-state index in [0.29, 0.717) is 25.2 Å². The van der Waals surface area contributed by atoms with Crippen LogP contribution in [0.2, 0.25) is 0 Å². The van der Waals surface area contributed by atoms with Gasteiger partial charge in [-0.15, -0.1) is 12.4 Å². The highest BCUT2D eigenvalue weighted by Gasteiger charge is 2.11. The molecule has 1 amide bonds. The number of aromatic nitrogens is 2. The second-order valence-corrected chi connectivity index (χ2v) is 4.58. The molecule has 0 fully saturated rings. The van der Waals surface area contributed by atoms with Crippen molar-refractivity contribution in [3.63, 3.8) is 0 Å². The Kier molecular flexibility index (Phi) is 6.20. The van der Waals surface area contributed by atoms with Crippen molar-refractivity contribution < 1.29 is 4.79 Å². The zero-order chi connectivity index (χ0) is 14.5. The van der Waals surface area contributed by atoms with Gasteiger partial charge in [-0.25, -0.2) is 4.68 Å². The van der Waals surface area contributed by atoms with E-state index in [4.69, 9.17) is 5.73 Å². The van der Waals surface area contributed by atoms with Crippen molar-refractivity contribution >= 4 is 18.3 Å². The minimum atomic E-state index is -0.304. The van der Waals surface area contributed by atoms with Crippen molar-refractivity contribution in [2.24, 2.45) is 5.73 Å². The van der Waals surface area contributed by atoms with Gasteiger partial charge in [-0.05, 0) is 32.0 Å². The third-order valence-corrected chi connectivity index (χ3v) is 2.92. The minimum Gasteiger partial charge on any atom is -0.351 e. The maximum atomic E-state index is 11.9. The number of nitrogens with one attached hydrogen (secondary N) is 2. The largest absolute Gasteiger partial charge is 0.351 e. The molecule has 0 unspecified atom stereocenters. The predicted octanol–water partition coefficient (Wildman–Crippen LogP) is 0.974. The Bertz CT molecular complexity index is 646. The number of nitrogens with two attached hydrogens (primary N) is 1. The summed E-state index contributed by atoms with van der Waals surface area (Å²) in [6, 6.07) is 8.75. The summed E-state index contributed by atoms with van der Waals surface area (Å²) in [6.45, 7) is 2.98. The molecule has 0 aliphatic heterocycles. The molecule has 0 aliphatic rings. The van der Waals surface area contributed by atoms with Crippen molar-refractivity contribution in [2.75, 3.05) is 13.1 Å². The molecular formula is C14H19ClN4O2. The zero-order valence-corrected chi connectivity index (χ0v) is 12.6. The maximum Gasteiger partial charge on any atom is 0.271 e. The van der Waals surface area contributed by atoms with E-state index in [1.165, 1.54) is 10.7 Å². The second kappa shape index (κ2) is 7.66. The molecular weight excluding hydrogens is 292 g/mol. The lowest BCUT2D eigenvalue weighted by Gasteiger charge is -2.03. The van der Waals surface area contributed by atoms with E-state index in [9.17, 15) is 9.59 Å². The smallest absolute Gasteiger partial charge is 0.271 e. The molecule has 6 nitrogen and oxygen atoms in total. The molecule has 0 bridgehead atoms. The minimum absolute atomic E-state index is 0. The Hall–Kier alpha value is -2.05. The maximum absolute atomic E-state index is 11.9. The average molecular weight is 311 g/mol. The first-order valence-electron chi connectivity index (χ1n) is 6.49. The number of nitrogens with zero attached hydrogens (tertiary/aromatic N) is 1. The van der Waals surface area contributed by atoms with Gasteiger partial charge < -0.3 is 11.1 Å². The van der Waals surface area contributed by atoms with E-state index >= 15 is 0 Å². The van der Waals surface area contributed by atoms with E-state index in [2.05, 4.69) is 10.4 Å². The summed E-state index contributed by atoms with van der Waals surface area (Å²) in [5, 5.41) is 5.50. The Morgan fingerprint density at radius 1 is 1.33 bits per heavy atom. The number of hydrogen-bond donors (Lipinski definition) is 3. The van der Waals surface area contributed by atoms with Crippen LogP contribution in [0.25, 0.3) is 5.69 Å².